The minimum absolute atomic E-state index is 1.16. The zero-order chi connectivity index (χ0) is 4.24. The molecule has 1 radical (unpaired) electrons. The monoisotopic (exact) mass is 100 g/mol. The van der Waals surface area contributed by atoms with Crippen molar-refractivity contribution < 1.29 is 0 Å². The number of nitrogens with one attached hydrogen (secondary N) is 1. The van der Waals surface area contributed by atoms with E-state index in [1.807, 2.05) is 6.08 Å². The first-order valence-corrected chi connectivity index (χ1v) is 2.93. The summed E-state index contributed by atoms with van der Waals surface area (Å²) in [6.07, 6.45) is 6.05. The Bertz CT molecular complexity index is 52.6. The highest BCUT2D eigenvalue weighted by molar-refractivity contribution is 7.97. The van der Waals surface area contributed by atoms with Crippen LogP contribution in [-0.2, 0) is 0 Å². The molecule has 0 spiro atoms. The van der Waals surface area contributed by atoms with E-state index in [1.165, 1.54) is 5.75 Å². The van der Waals surface area contributed by atoms with Gasteiger partial charge >= 0.3 is 0 Å². The lowest BCUT2D eigenvalue weighted by atomic mass is 10.5. The van der Waals surface area contributed by atoms with Crippen molar-refractivity contribution in [3.8, 4) is 0 Å². The van der Waals surface area contributed by atoms with Crippen LogP contribution in [0, 0.1) is 6.20 Å². The third-order valence-corrected chi connectivity index (χ3v) is 1.30. The largest absolute Gasteiger partial charge is 0.328 e. The first kappa shape index (κ1) is 4.06. The van der Waals surface area contributed by atoms with E-state index in [4.69, 9.17) is 0 Å². The third-order valence-electron chi connectivity index (χ3n) is 0.597. The van der Waals surface area contributed by atoms with Crippen molar-refractivity contribution in [1.82, 2.24) is 4.72 Å². The Balaban J connectivity index is 2.26. The summed E-state index contributed by atoms with van der Waals surface area (Å²) in [5, 5.41) is 0. The molecule has 0 aromatic carbocycles. The molecule has 1 nitrogen and oxygen atoms in total. The highest BCUT2D eigenvalue weighted by Gasteiger charge is 1.86. The summed E-state index contributed by atoms with van der Waals surface area (Å²) in [7, 11) is 0. The lowest BCUT2D eigenvalue weighted by Crippen LogP contribution is -1.98. The first-order valence-electron chi connectivity index (χ1n) is 1.94. The van der Waals surface area contributed by atoms with Gasteiger partial charge in [-0.05, 0) is 6.42 Å². The molecule has 0 aromatic heterocycles. The van der Waals surface area contributed by atoms with Crippen LogP contribution in [0.3, 0.4) is 0 Å². The molecule has 0 amide bonds. The summed E-state index contributed by atoms with van der Waals surface area (Å²) in [6.45, 7) is 0. The van der Waals surface area contributed by atoms with Crippen molar-refractivity contribution in [2.45, 2.75) is 6.42 Å². The van der Waals surface area contributed by atoms with Crippen LogP contribution in [-0.4, -0.2) is 5.75 Å². The van der Waals surface area contributed by atoms with Gasteiger partial charge in [-0.2, -0.15) is 0 Å². The number of hydrogen-bond donors (Lipinski definition) is 1. The van der Waals surface area contributed by atoms with Crippen LogP contribution in [0.1, 0.15) is 6.42 Å². The highest BCUT2D eigenvalue weighted by atomic mass is 32.2. The summed E-state index contributed by atoms with van der Waals surface area (Å²) < 4.78 is 2.90. The SMILES string of the molecule is [C]1=CCCSN1. The van der Waals surface area contributed by atoms with Gasteiger partial charge in [0.1, 0.15) is 0 Å². The average Bonchev–Trinajstić information content (AvgIpc) is 1.72. The summed E-state index contributed by atoms with van der Waals surface area (Å²) in [6, 6.07) is 0. The standard InChI is InChI=1S/C4H6NS/c1-2-4-6-5-3-1/h1,5H,2,4H2. The maximum Gasteiger partial charge on any atom is 0.0640 e. The van der Waals surface area contributed by atoms with E-state index in [9.17, 15) is 0 Å². The van der Waals surface area contributed by atoms with Crippen LogP contribution in [0.25, 0.3) is 0 Å². The molecule has 0 fully saturated rings. The van der Waals surface area contributed by atoms with Gasteiger partial charge in [-0.25, -0.2) is 0 Å². The first-order chi connectivity index (χ1) is 3.00. The van der Waals surface area contributed by atoms with Crippen LogP contribution in [0.2, 0.25) is 0 Å². The molecule has 0 unspecified atom stereocenters. The molecule has 0 aromatic rings. The molecule has 1 N–H and O–H groups in total. The molecule has 0 saturated carbocycles. The van der Waals surface area contributed by atoms with Crippen LogP contribution in [0.5, 0.6) is 0 Å². The van der Waals surface area contributed by atoms with Gasteiger partial charge in [0.25, 0.3) is 0 Å². The second kappa shape index (κ2) is 2.13. The Morgan fingerprint density at radius 2 is 2.83 bits per heavy atom. The maximum atomic E-state index is 2.90. The Labute approximate surface area is 41.9 Å². The van der Waals surface area contributed by atoms with Gasteiger partial charge in [-0.3, -0.25) is 0 Å². The van der Waals surface area contributed by atoms with E-state index in [1.54, 1.807) is 11.9 Å². The Kier molecular flexibility index (Phi) is 1.44. The third kappa shape index (κ3) is 0.937. The zero-order valence-corrected chi connectivity index (χ0v) is 4.22. The van der Waals surface area contributed by atoms with Gasteiger partial charge in [-0.1, -0.05) is 18.0 Å². The normalized spacial score (nSPS) is 20.0. The van der Waals surface area contributed by atoms with Crippen molar-refractivity contribution in [2.75, 3.05) is 5.75 Å². The zero-order valence-electron chi connectivity index (χ0n) is 3.40. The van der Waals surface area contributed by atoms with E-state index >= 15 is 0 Å². The minimum Gasteiger partial charge on any atom is -0.328 e. The molecule has 1 aliphatic heterocycles. The van der Waals surface area contributed by atoms with Crippen LogP contribution in [0.4, 0.5) is 0 Å². The van der Waals surface area contributed by atoms with E-state index < -0.39 is 0 Å². The lowest BCUT2D eigenvalue weighted by Gasteiger charge is -1.99. The van der Waals surface area contributed by atoms with Gasteiger partial charge in [0.05, 0.1) is 6.20 Å². The maximum absolute atomic E-state index is 2.90. The second-order valence-electron chi connectivity index (χ2n) is 1.09. The Hall–Kier alpha value is -0.110. The van der Waals surface area contributed by atoms with Gasteiger partial charge in [0.2, 0.25) is 0 Å². The fourth-order valence-electron chi connectivity index (χ4n) is 0.324. The fourth-order valence-corrected chi connectivity index (χ4v) is 0.829. The quantitative estimate of drug-likeness (QED) is 0.455. The highest BCUT2D eigenvalue weighted by Crippen LogP contribution is 2.00. The predicted octanol–water partition coefficient (Wildman–Crippen LogP) is 0.945. The lowest BCUT2D eigenvalue weighted by molar-refractivity contribution is 1.14. The van der Waals surface area contributed by atoms with Gasteiger partial charge in [0.15, 0.2) is 0 Å². The summed E-state index contributed by atoms with van der Waals surface area (Å²) in [4.78, 5) is 0. The minimum atomic E-state index is 1.16. The van der Waals surface area contributed by atoms with Gasteiger partial charge < -0.3 is 4.72 Å². The second-order valence-corrected chi connectivity index (χ2v) is 1.99. The molecule has 33 valence electrons. The van der Waals surface area contributed by atoms with Crippen molar-refractivity contribution in [3.63, 3.8) is 0 Å². The van der Waals surface area contributed by atoms with E-state index in [0.29, 0.717) is 0 Å². The van der Waals surface area contributed by atoms with E-state index in [-0.39, 0.29) is 0 Å². The number of allylic oxidation sites excluding steroid dienone is 1. The number of hydrogen-bond acceptors (Lipinski definition) is 2. The molecule has 0 atom stereocenters. The molecular formula is C4H6NS. The van der Waals surface area contributed by atoms with Crippen molar-refractivity contribution in [3.05, 3.63) is 12.3 Å². The topological polar surface area (TPSA) is 12.0 Å². The van der Waals surface area contributed by atoms with Crippen molar-refractivity contribution in [2.24, 2.45) is 0 Å². The average molecular weight is 100 g/mol. The smallest absolute Gasteiger partial charge is 0.0640 e. The summed E-state index contributed by atoms with van der Waals surface area (Å²) in [5.74, 6) is 1.19. The molecule has 1 aliphatic rings. The predicted molar refractivity (Wildman–Crippen MR) is 28.0 cm³/mol. The van der Waals surface area contributed by atoms with Crippen molar-refractivity contribution in [1.29, 1.82) is 0 Å². The van der Waals surface area contributed by atoms with Crippen LogP contribution in [0.15, 0.2) is 6.08 Å². The van der Waals surface area contributed by atoms with Crippen LogP contribution >= 0.6 is 11.9 Å². The van der Waals surface area contributed by atoms with Gasteiger partial charge in [-0.15, -0.1) is 0 Å². The molecule has 2 heteroatoms. The van der Waals surface area contributed by atoms with E-state index in [2.05, 4.69) is 10.9 Å². The summed E-state index contributed by atoms with van der Waals surface area (Å²) in [5.41, 5.74) is 0. The molecule has 0 aliphatic carbocycles. The molecule has 1 rings (SSSR count). The van der Waals surface area contributed by atoms with Gasteiger partial charge in [0, 0.05) is 5.75 Å². The molecule has 0 bridgehead atoms. The molecule has 6 heavy (non-hydrogen) atoms. The number of rotatable bonds is 0. The molecular weight excluding hydrogens is 94.1 g/mol. The summed E-state index contributed by atoms with van der Waals surface area (Å²) >= 11 is 1.70. The molecule has 1 heterocycles. The fraction of sp³-hybridized carbons (Fsp3) is 0.500. The van der Waals surface area contributed by atoms with Crippen molar-refractivity contribution >= 4 is 11.9 Å². The van der Waals surface area contributed by atoms with E-state index in [0.717, 1.165) is 6.42 Å². The Morgan fingerprint density at radius 1 is 1.83 bits per heavy atom. The molecule has 0 saturated heterocycles. The Morgan fingerprint density at radius 3 is 3.00 bits per heavy atom. The van der Waals surface area contributed by atoms with Crippen LogP contribution < -0.4 is 4.72 Å².